The topological polar surface area (TPSA) is 87.7 Å². The van der Waals surface area contributed by atoms with Crippen molar-refractivity contribution in [2.45, 2.75) is 50.5 Å². The van der Waals surface area contributed by atoms with Crippen LogP contribution in [0.2, 0.25) is 0 Å². The van der Waals surface area contributed by atoms with E-state index in [0.29, 0.717) is 38.0 Å². The number of hydrogen-bond acceptors (Lipinski definition) is 6. The second-order valence-corrected chi connectivity index (χ2v) is 8.84. The summed E-state index contributed by atoms with van der Waals surface area (Å²) in [7, 11) is 0. The lowest BCUT2D eigenvalue weighted by Gasteiger charge is -2.49. The molecule has 0 radical (unpaired) electrons. The highest BCUT2D eigenvalue weighted by atomic mass is 16.6. The highest BCUT2D eigenvalue weighted by Gasteiger charge is 2.45. The largest absolute Gasteiger partial charge is 0.447 e. The Morgan fingerprint density at radius 2 is 2.00 bits per heavy atom. The number of anilines is 1. The van der Waals surface area contributed by atoms with Gasteiger partial charge in [-0.05, 0) is 19.3 Å². The summed E-state index contributed by atoms with van der Waals surface area (Å²) in [5, 5.41) is 2.70. The summed E-state index contributed by atoms with van der Waals surface area (Å²) in [6.07, 6.45) is 9.91. The first-order valence-corrected chi connectivity index (χ1v) is 10.4. The van der Waals surface area contributed by atoms with Gasteiger partial charge in [0.2, 0.25) is 5.91 Å². The Bertz CT molecular complexity index is 748. The predicted molar refractivity (Wildman–Crippen MR) is 102 cm³/mol. The Labute approximate surface area is 164 Å². The molecule has 4 heterocycles. The number of nitrogens with one attached hydrogen (secondary N) is 1. The average molecular weight is 385 g/mol. The Kier molecular flexibility index (Phi) is 4.36. The van der Waals surface area contributed by atoms with E-state index in [1.807, 2.05) is 17.3 Å². The molecule has 0 aromatic carbocycles. The Hall–Kier alpha value is -2.38. The molecule has 1 atom stereocenters. The molecule has 1 N–H and O–H groups in total. The van der Waals surface area contributed by atoms with Crippen molar-refractivity contribution in [1.29, 1.82) is 0 Å². The quantitative estimate of drug-likeness (QED) is 0.830. The van der Waals surface area contributed by atoms with Gasteiger partial charge < -0.3 is 19.9 Å². The minimum Gasteiger partial charge on any atom is -0.447 e. The lowest BCUT2D eigenvalue weighted by Crippen LogP contribution is -2.55. The highest BCUT2D eigenvalue weighted by molar-refractivity contribution is 5.77. The first kappa shape index (κ1) is 17.7. The molecule has 1 aliphatic carbocycles. The number of alkyl carbamates (subject to hydrolysis) is 1. The lowest BCUT2D eigenvalue weighted by molar-refractivity contribution is -0.135. The van der Waals surface area contributed by atoms with E-state index in [4.69, 9.17) is 4.74 Å². The molecule has 8 heteroatoms. The van der Waals surface area contributed by atoms with E-state index in [0.717, 1.165) is 24.6 Å². The van der Waals surface area contributed by atoms with Crippen molar-refractivity contribution < 1.29 is 14.3 Å². The van der Waals surface area contributed by atoms with Crippen LogP contribution in [0.4, 0.5) is 10.6 Å². The van der Waals surface area contributed by atoms with E-state index < -0.39 is 0 Å². The molecule has 1 aromatic rings. The zero-order valence-electron chi connectivity index (χ0n) is 16.1. The molecular weight excluding hydrogens is 358 g/mol. The second-order valence-electron chi connectivity index (χ2n) is 8.84. The standard InChI is InChI=1S/C20H27N5O3/c26-18(4-3-15-11-28-19(27)23-15)24-9-14(10-24)16-7-22-17(8-21-16)25-12-20(13-25)5-1-2-6-20/h7-8,14-15H,1-6,9-13H2,(H,23,27). The molecule has 1 aromatic heterocycles. The van der Waals surface area contributed by atoms with Gasteiger partial charge in [0.25, 0.3) is 0 Å². The minimum absolute atomic E-state index is 0.0446. The number of amides is 2. The van der Waals surface area contributed by atoms with Crippen LogP contribution in [0.5, 0.6) is 0 Å². The number of carbonyl (C=O) groups excluding carboxylic acids is 2. The van der Waals surface area contributed by atoms with E-state index in [2.05, 4.69) is 20.2 Å². The van der Waals surface area contributed by atoms with Crippen molar-refractivity contribution >= 4 is 17.8 Å². The normalized spacial score (nSPS) is 26.0. The molecule has 1 saturated carbocycles. The van der Waals surface area contributed by atoms with Gasteiger partial charge in [-0.1, -0.05) is 12.8 Å². The van der Waals surface area contributed by atoms with Gasteiger partial charge in [-0.3, -0.25) is 9.78 Å². The molecular formula is C20H27N5O3. The summed E-state index contributed by atoms with van der Waals surface area (Å²) in [6.45, 7) is 4.01. The Balaban J connectivity index is 1.07. The van der Waals surface area contributed by atoms with Crippen LogP contribution in [0, 0.1) is 5.41 Å². The third-order valence-electron chi connectivity index (χ3n) is 6.80. The van der Waals surface area contributed by atoms with E-state index in [1.54, 1.807) is 0 Å². The number of hydrogen-bond donors (Lipinski definition) is 1. The molecule has 8 nitrogen and oxygen atoms in total. The molecule has 3 aliphatic heterocycles. The zero-order chi connectivity index (χ0) is 19.1. The van der Waals surface area contributed by atoms with Crippen LogP contribution >= 0.6 is 0 Å². The van der Waals surface area contributed by atoms with Crippen LogP contribution in [-0.2, 0) is 9.53 Å². The smallest absolute Gasteiger partial charge is 0.407 e. The van der Waals surface area contributed by atoms with Gasteiger partial charge in [0.15, 0.2) is 0 Å². The van der Waals surface area contributed by atoms with Crippen molar-refractivity contribution in [3.63, 3.8) is 0 Å². The first-order valence-electron chi connectivity index (χ1n) is 10.4. The average Bonchev–Trinajstić information content (AvgIpc) is 3.27. The molecule has 5 rings (SSSR count). The van der Waals surface area contributed by atoms with Crippen LogP contribution < -0.4 is 10.2 Å². The molecule has 1 spiro atoms. The van der Waals surface area contributed by atoms with Crippen LogP contribution in [-0.4, -0.2) is 65.7 Å². The SMILES string of the molecule is O=C1NC(CCC(=O)N2CC(c3cnc(N4CC5(CCCC5)C4)cn3)C2)CO1. The maximum Gasteiger partial charge on any atom is 0.407 e. The maximum atomic E-state index is 12.3. The number of likely N-dealkylation sites (tertiary alicyclic amines) is 1. The van der Waals surface area contributed by atoms with Crippen molar-refractivity contribution in [2.24, 2.45) is 5.41 Å². The molecule has 28 heavy (non-hydrogen) atoms. The molecule has 0 bridgehead atoms. The molecule has 1 unspecified atom stereocenters. The fraction of sp³-hybridized carbons (Fsp3) is 0.700. The predicted octanol–water partition coefficient (Wildman–Crippen LogP) is 1.67. The van der Waals surface area contributed by atoms with Crippen molar-refractivity contribution in [3.05, 3.63) is 18.1 Å². The number of rotatable bonds is 5. The van der Waals surface area contributed by atoms with Crippen LogP contribution in [0.25, 0.3) is 0 Å². The van der Waals surface area contributed by atoms with Gasteiger partial charge in [0.1, 0.15) is 12.4 Å². The monoisotopic (exact) mass is 385 g/mol. The summed E-state index contributed by atoms with van der Waals surface area (Å²) < 4.78 is 4.85. The van der Waals surface area contributed by atoms with Gasteiger partial charge in [-0.25, -0.2) is 9.78 Å². The first-order chi connectivity index (χ1) is 13.6. The Morgan fingerprint density at radius 3 is 2.64 bits per heavy atom. The molecule has 4 fully saturated rings. The summed E-state index contributed by atoms with van der Waals surface area (Å²) >= 11 is 0. The summed E-state index contributed by atoms with van der Waals surface area (Å²) in [5.74, 6) is 1.39. The van der Waals surface area contributed by atoms with Crippen LogP contribution in [0.3, 0.4) is 0 Å². The van der Waals surface area contributed by atoms with E-state index >= 15 is 0 Å². The summed E-state index contributed by atoms with van der Waals surface area (Å²) in [5.41, 5.74) is 1.53. The van der Waals surface area contributed by atoms with Crippen molar-refractivity contribution in [1.82, 2.24) is 20.2 Å². The summed E-state index contributed by atoms with van der Waals surface area (Å²) in [4.78, 5) is 36.7. The minimum atomic E-state index is -0.389. The van der Waals surface area contributed by atoms with Crippen LogP contribution in [0.15, 0.2) is 12.4 Å². The number of cyclic esters (lactones) is 1. The Morgan fingerprint density at radius 1 is 1.21 bits per heavy atom. The van der Waals surface area contributed by atoms with Gasteiger partial charge >= 0.3 is 6.09 Å². The number of aromatic nitrogens is 2. The second kappa shape index (κ2) is 6.90. The molecule has 150 valence electrons. The molecule has 4 aliphatic rings. The van der Waals surface area contributed by atoms with E-state index in [1.165, 1.54) is 25.7 Å². The highest BCUT2D eigenvalue weighted by Crippen LogP contribution is 2.46. The number of ether oxygens (including phenoxy) is 1. The maximum absolute atomic E-state index is 12.3. The van der Waals surface area contributed by atoms with E-state index in [-0.39, 0.29) is 24.0 Å². The van der Waals surface area contributed by atoms with Crippen LogP contribution in [0.1, 0.15) is 50.1 Å². The molecule has 3 saturated heterocycles. The molecule has 2 amide bonds. The number of nitrogens with zero attached hydrogens (tertiary/aromatic N) is 4. The van der Waals surface area contributed by atoms with Gasteiger partial charge in [0.05, 0.1) is 24.1 Å². The van der Waals surface area contributed by atoms with Gasteiger partial charge in [-0.2, -0.15) is 0 Å². The van der Waals surface area contributed by atoms with Gasteiger partial charge in [0, 0.05) is 43.9 Å². The van der Waals surface area contributed by atoms with Gasteiger partial charge in [-0.15, -0.1) is 0 Å². The van der Waals surface area contributed by atoms with E-state index in [9.17, 15) is 9.59 Å². The lowest BCUT2D eigenvalue weighted by atomic mass is 9.78. The zero-order valence-corrected chi connectivity index (χ0v) is 16.1. The fourth-order valence-corrected chi connectivity index (χ4v) is 4.98. The third kappa shape index (κ3) is 3.29. The van der Waals surface area contributed by atoms with Crippen molar-refractivity contribution in [2.75, 3.05) is 37.7 Å². The third-order valence-corrected chi connectivity index (χ3v) is 6.80. The number of carbonyl (C=O) groups is 2. The fourth-order valence-electron chi connectivity index (χ4n) is 4.98. The van der Waals surface area contributed by atoms with Crippen molar-refractivity contribution in [3.8, 4) is 0 Å². The summed E-state index contributed by atoms with van der Waals surface area (Å²) in [6, 6.07) is -0.0446.